The molecule has 0 aliphatic carbocycles. The van der Waals surface area contributed by atoms with Crippen molar-refractivity contribution < 1.29 is 13.2 Å². The Hall–Kier alpha value is -0.580. The summed E-state index contributed by atoms with van der Waals surface area (Å²) in [4.78, 5) is 10.9. The van der Waals surface area contributed by atoms with Gasteiger partial charge in [0.2, 0.25) is 0 Å². The van der Waals surface area contributed by atoms with Crippen LogP contribution in [0.2, 0.25) is 5.02 Å². The van der Waals surface area contributed by atoms with Gasteiger partial charge in [0, 0.05) is 10.6 Å². The van der Waals surface area contributed by atoms with E-state index < -0.39 is 15.9 Å². The topological polar surface area (TPSA) is 51.2 Å². The van der Waals surface area contributed by atoms with Gasteiger partial charge >= 0.3 is 0 Å². The average Bonchev–Trinajstić information content (AvgIpc) is 2.01. The molecule has 1 rings (SSSR count). The molecule has 1 aromatic rings. The standard InChI is InChI=1S/C8H6Cl2O3S/c9-6-1-2-7(8(10)11)5(3-6)4-14(12)13/h1-3,14H,4H2. The maximum atomic E-state index is 10.9. The zero-order chi connectivity index (χ0) is 10.7. The Labute approximate surface area is 92.6 Å². The van der Waals surface area contributed by atoms with Gasteiger partial charge in [0.25, 0.3) is 5.24 Å². The molecule has 0 saturated heterocycles. The van der Waals surface area contributed by atoms with Gasteiger partial charge in [-0.25, -0.2) is 8.42 Å². The molecule has 0 atom stereocenters. The maximum absolute atomic E-state index is 10.9. The number of thiol groups is 1. The molecule has 0 aromatic heterocycles. The van der Waals surface area contributed by atoms with E-state index in [9.17, 15) is 13.2 Å². The molecule has 0 radical (unpaired) electrons. The Balaban J connectivity index is 3.22. The van der Waals surface area contributed by atoms with E-state index >= 15 is 0 Å². The second-order valence-electron chi connectivity index (χ2n) is 2.57. The van der Waals surface area contributed by atoms with Gasteiger partial charge in [0.15, 0.2) is 0 Å². The predicted octanol–water partition coefficient (Wildman–Crippen LogP) is 1.83. The number of halogens is 2. The summed E-state index contributed by atoms with van der Waals surface area (Å²) < 4.78 is 21.0. The molecule has 0 aliphatic heterocycles. The lowest BCUT2D eigenvalue weighted by atomic mass is 10.1. The summed E-state index contributed by atoms with van der Waals surface area (Å²) in [5, 5.41) is -0.313. The van der Waals surface area contributed by atoms with Crippen molar-refractivity contribution in [3.63, 3.8) is 0 Å². The summed E-state index contributed by atoms with van der Waals surface area (Å²) >= 11 is 10.9. The highest BCUT2D eigenvalue weighted by Crippen LogP contribution is 2.18. The molecule has 0 heterocycles. The normalized spacial score (nSPS) is 10.5. The highest BCUT2D eigenvalue weighted by atomic mass is 35.5. The van der Waals surface area contributed by atoms with Gasteiger partial charge in [0.05, 0.1) is 5.75 Å². The lowest BCUT2D eigenvalue weighted by Crippen LogP contribution is -1.98. The van der Waals surface area contributed by atoms with Crippen molar-refractivity contribution in [1.82, 2.24) is 0 Å². The van der Waals surface area contributed by atoms with E-state index in [1.165, 1.54) is 18.2 Å². The minimum Gasteiger partial charge on any atom is -0.276 e. The molecule has 0 N–H and O–H groups in total. The number of benzene rings is 1. The highest BCUT2D eigenvalue weighted by molar-refractivity contribution is 7.71. The minimum absolute atomic E-state index is 0.176. The smallest absolute Gasteiger partial charge is 0.252 e. The van der Waals surface area contributed by atoms with Crippen LogP contribution in [0.25, 0.3) is 0 Å². The first-order valence-electron chi connectivity index (χ1n) is 3.61. The third-order valence-electron chi connectivity index (χ3n) is 1.58. The van der Waals surface area contributed by atoms with Crippen molar-refractivity contribution in [1.29, 1.82) is 0 Å². The average molecular weight is 253 g/mol. The fraction of sp³-hybridized carbons (Fsp3) is 0.125. The van der Waals surface area contributed by atoms with E-state index in [1.807, 2.05) is 0 Å². The molecular formula is C8H6Cl2O3S. The third-order valence-corrected chi connectivity index (χ3v) is 2.62. The van der Waals surface area contributed by atoms with Crippen molar-refractivity contribution in [2.24, 2.45) is 0 Å². The summed E-state index contributed by atoms with van der Waals surface area (Å²) in [5.74, 6) is -0.232. The molecule has 0 unspecified atom stereocenters. The molecule has 0 spiro atoms. The molecule has 0 saturated carbocycles. The lowest BCUT2D eigenvalue weighted by molar-refractivity contribution is 0.108. The molecule has 3 nitrogen and oxygen atoms in total. The van der Waals surface area contributed by atoms with Gasteiger partial charge in [-0.3, -0.25) is 4.79 Å². The van der Waals surface area contributed by atoms with Crippen LogP contribution in [0.4, 0.5) is 0 Å². The zero-order valence-corrected chi connectivity index (χ0v) is 9.27. The van der Waals surface area contributed by atoms with Crippen molar-refractivity contribution in [3.8, 4) is 0 Å². The monoisotopic (exact) mass is 252 g/mol. The molecule has 76 valence electrons. The molecule has 1 aromatic carbocycles. The predicted molar refractivity (Wildman–Crippen MR) is 55.7 cm³/mol. The number of rotatable bonds is 3. The van der Waals surface area contributed by atoms with Crippen molar-refractivity contribution >= 4 is 39.1 Å². The van der Waals surface area contributed by atoms with E-state index in [-0.39, 0.29) is 11.3 Å². The van der Waals surface area contributed by atoms with E-state index in [2.05, 4.69) is 0 Å². The number of carbonyl (C=O) groups excluding carboxylic acids is 1. The Kier molecular flexibility index (Phi) is 3.92. The van der Waals surface area contributed by atoms with Crippen LogP contribution in [0.1, 0.15) is 15.9 Å². The lowest BCUT2D eigenvalue weighted by Gasteiger charge is -2.02. The second kappa shape index (κ2) is 4.77. The van der Waals surface area contributed by atoms with Crippen molar-refractivity contribution in [2.45, 2.75) is 5.75 Å². The molecule has 6 heteroatoms. The third kappa shape index (κ3) is 2.97. The number of hydrogen-bond acceptors (Lipinski definition) is 3. The van der Waals surface area contributed by atoms with Crippen LogP contribution in [0.3, 0.4) is 0 Å². The van der Waals surface area contributed by atoms with Crippen LogP contribution in [-0.2, 0) is 16.5 Å². The first kappa shape index (κ1) is 11.5. The van der Waals surface area contributed by atoms with Gasteiger partial charge in [-0.15, -0.1) is 0 Å². The van der Waals surface area contributed by atoms with E-state index in [0.717, 1.165) is 0 Å². The first-order valence-corrected chi connectivity index (χ1v) is 5.72. The van der Waals surface area contributed by atoms with E-state index in [1.54, 1.807) is 0 Å². The van der Waals surface area contributed by atoms with E-state index in [0.29, 0.717) is 10.6 Å². The zero-order valence-electron chi connectivity index (χ0n) is 6.87. The fourth-order valence-corrected chi connectivity index (χ4v) is 1.94. The molecular weight excluding hydrogens is 247 g/mol. The van der Waals surface area contributed by atoms with Gasteiger partial charge in [-0.1, -0.05) is 11.6 Å². The van der Waals surface area contributed by atoms with Crippen LogP contribution >= 0.6 is 23.2 Å². The van der Waals surface area contributed by atoms with Crippen molar-refractivity contribution in [2.75, 3.05) is 0 Å². The second-order valence-corrected chi connectivity index (χ2v) is 4.33. The highest BCUT2D eigenvalue weighted by Gasteiger charge is 2.09. The van der Waals surface area contributed by atoms with Crippen LogP contribution in [0.15, 0.2) is 18.2 Å². The summed E-state index contributed by atoms with van der Waals surface area (Å²) in [6.45, 7) is 0. The minimum atomic E-state index is -2.60. The largest absolute Gasteiger partial charge is 0.276 e. The molecule has 0 bridgehead atoms. The van der Waals surface area contributed by atoms with Crippen LogP contribution in [0, 0.1) is 0 Å². The van der Waals surface area contributed by atoms with Gasteiger partial charge in [-0.2, -0.15) is 0 Å². The van der Waals surface area contributed by atoms with Gasteiger partial charge in [0.1, 0.15) is 10.7 Å². The van der Waals surface area contributed by atoms with Crippen molar-refractivity contribution in [3.05, 3.63) is 34.3 Å². The molecule has 0 fully saturated rings. The molecule has 0 amide bonds. The number of carbonyl (C=O) groups is 1. The maximum Gasteiger partial charge on any atom is 0.252 e. The Morgan fingerprint density at radius 1 is 1.36 bits per heavy atom. The molecule has 0 aliphatic rings. The summed E-state index contributed by atoms with van der Waals surface area (Å²) in [5.41, 5.74) is 0.504. The summed E-state index contributed by atoms with van der Waals surface area (Å²) in [7, 11) is -2.60. The Morgan fingerprint density at radius 2 is 2.00 bits per heavy atom. The first-order chi connectivity index (χ1) is 6.50. The number of hydrogen-bond donors (Lipinski definition) is 1. The summed E-state index contributed by atoms with van der Waals surface area (Å²) in [6.07, 6.45) is 0. The van der Waals surface area contributed by atoms with Crippen LogP contribution in [-0.4, -0.2) is 13.7 Å². The Morgan fingerprint density at radius 3 is 2.50 bits per heavy atom. The van der Waals surface area contributed by atoms with Crippen LogP contribution in [0.5, 0.6) is 0 Å². The van der Waals surface area contributed by atoms with Crippen LogP contribution < -0.4 is 0 Å². The SMILES string of the molecule is O=C(Cl)c1ccc(Cl)cc1C[SH](=O)=O. The fourth-order valence-electron chi connectivity index (χ4n) is 1.02. The quantitative estimate of drug-likeness (QED) is 0.660. The molecule has 14 heavy (non-hydrogen) atoms. The van der Waals surface area contributed by atoms with Gasteiger partial charge in [-0.05, 0) is 35.4 Å². The summed E-state index contributed by atoms with van der Waals surface area (Å²) in [6, 6.07) is 4.31. The van der Waals surface area contributed by atoms with E-state index in [4.69, 9.17) is 23.2 Å². The van der Waals surface area contributed by atoms with Gasteiger partial charge < -0.3 is 0 Å². The Bertz CT molecular complexity index is 432.